The zero-order valence-corrected chi connectivity index (χ0v) is 15.9. The molecule has 0 radical (unpaired) electrons. The largest absolute Gasteiger partial charge is 0.337 e. The van der Waals surface area contributed by atoms with Crippen molar-refractivity contribution in [3.63, 3.8) is 0 Å². The van der Waals surface area contributed by atoms with Gasteiger partial charge in [0.25, 0.3) is 0 Å². The molecule has 2 aromatic rings. The van der Waals surface area contributed by atoms with Crippen LogP contribution in [0, 0.1) is 0 Å². The molecule has 2 aliphatic heterocycles. The normalized spacial score (nSPS) is 20.3. The van der Waals surface area contributed by atoms with E-state index in [-0.39, 0.29) is 24.4 Å². The van der Waals surface area contributed by atoms with Crippen molar-refractivity contribution in [2.45, 2.75) is 19.0 Å². The van der Waals surface area contributed by atoms with E-state index in [0.717, 1.165) is 45.0 Å². The number of hydrogen-bond acceptors (Lipinski definition) is 4. The number of carbonyl (C=O) groups is 1. The van der Waals surface area contributed by atoms with Crippen molar-refractivity contribution in [1.29, 1.82) is 0 Å². The molecule has 4 rings (SSSR count). The van der Waals surface area contributed by atoms with Crippen molar-refractivity contribution in [3.05, 3.63) is 53.6 Å². The first kappa shape index (κ1) is 18.9. The summed E-state index contributed by atoms with van der Waals surface area (Å²) >= 11 is 0. The van der Waals surface area contributed by atoms with Crippen LogP contribution in [-0.4, -0.2) is 58.0 Å². The lowest BCUT2D eigenvalue weighted by atomic mass is 10.00. The molecule has 0 bridgehead atoms. The highest BCUT2D eigenvalue weighted by molar-refractivity contribution is 5.85. The van der Waals surface area contributed by atoms with E-state index in [1.165, 1.54) is 11.1 Å². The summed E-state index contributed by atoms with van der Waals surface area (Å²) in [5.41, 5.74) is 2.66. The van der Waals surface area contributed by atoms with Gasteiger partial charge in [-0.25, -0.2) is 4.98 Å². The number of fused-ring (bicyclic) bond motifs is 1. The van der Waals surface area contributed by atoms with Crippen molar-refractivity contribution < 1.29 is 4.79 Å². The van der Waals surface area contributed by atoms with Crippen molar-refractivity contribution in [3.8, 4) is 0 Å². The highest BCUT2D eigenvalue weighted by Gasteiger charge is 2.30. The highest BCUT2D eigenvalue weighted by Crippen LogP contribution is 2.22. The number of aromatic nitrogens is 2. The van der Waals surface area contributed by atoms with Crippen molar-refractivity contribution in [1.82, 2.24) is 24.7 Å². The standard InChI is InChI=1S/C19H25N5O.ClH/c1-22-10-8-21-19(22)17-12-20-7-11-23(17)14-18(25)24-9-6-15-4-2-3-5-16(15)13-24;/h2-5,8,10,17,20H,6-7,9,11-14H2,1H3;1H. The first-order valence-electron chi connectivity index (χ1n) is 8.99. The van der Waals surface area contributed by atoms with Crippen LogP contribution in [0.4, 0.5) is 0 Å². The quantitative estimate of drug-likeness (QED) is 0.880. The number of nitrogens with one attached hydrogen (secondary N) is 1. The molecule has 1 aromatic carbocycles. The van der Waals surface area contributed by atoms with Gasteiger partial charge < -0.3 is 14.8 Å². The molecule has 1 aromatic heterocycles. The predicted octanol–water partition coefficient (Wildman–Crippen LogP) is 1.37. The third-order valence-corrected chi connectivity index (χ3v) is 5.33. The average molecular weight is 376 g/mol. The molecule has 0 aliphatic carbocycles. The lowest BCUT2D eigenvalue weighted by molar-refractivity contribution is -0.134. The smallest absolute Gasteiger partial charge is 0.237 e. The van der Waals surface area contributed by atoms with E-state index in [1.807, 2.05) is 28.9 Å². The van der Waals surface area contributed by atoms with E-state index >= 15 is 0 Å². The molecule has 140 valence electrons. The van der Waals surface area contributed by atoms with Crippen LogP contribution in [0.5, 0.6) is 0 Å². The SMILES string of the molecule is Cl.Cn1ccnc1C1CNCCN1CC(=O)N1CCc2ccccc2C1. The van der Waals surface area contributed by atoms with Crippen LogP contribution in [0.15, 0.2) is 36.7 Å². The van der Waals surface area contributed by atoms with E-state index in [2.05, 4.69) is 39.5 Å². The summed E-state index contributed by atoms with van der Waals surface area (Å²) < 4.78 is 2.05. The fraction of sp³-hybridized carbons (Fsp3) is 0.474. The molecule has 1 atom stereocenters. The number of amides is 1. The van der Waals surface area contributed by atoms with Gasteiger partial charge in [-0.3, -0.25) is 9.69 Å². The average Bonchev–Trinajstić information content (AvgIpc) is 3.07. The summed E-state index contributed by atoms with van der Waals surface area (Å²) in [7, 11) is 2.01. The third-order valence-electron chi connectivity index (χ3n) is 5.33. The number of hydrogen-bond donors (Lipinski definition) is 1. The van der Waals surface area contributed by atoms with E-state index in [1.54, 1.807) is 0 Å². The summed E-state index contributed by atoms with van der Waals surface area (Å²) in [5, 5.41) is 3.43. The molecule has 1 saturated heterocycles. The number of carbonyl (C=O) groups excluding carboxylic acids is 1. The zero-order valence-electron chi connectivity index (χ0n) is 15.1. The molecular weight excluding hydrogens is 350 g/mol. The van der Waals surface area contributed by atoms with Gasteiger partial charge in [-0.1, -0.05) is 24.3 Å². The van der Waals surface area contributed by atoms with Crippen LogP contribution in [-0.2, 0) is 24.8 Å². The number of halogens is 1. The molecular formula is C19H26ClN5O. The second-order valence-electron chi connectivity index (χ2n) is 6.92. The van der Waals surface area contributed by atoms with Gasteiger partial charge >= 0.3 is 0 Å². The second kappa shape index (κ2) is 8.20. The van der Waals surface area contributed by atoms with Crippen LogP contribution in [0.1, 0.15) is 23.0 Å². The summed E-state index contributed by atoms with van der Waals surface area (Å²) in [4.78, 5) is 21.7. The number of piperazine rings is 1. The second-order valence-corrected chi connectivity index (χ2v) is 6.92. The van der Waals surface area contributed by atoms with Crippen molar-refractivity contribution >= 4 is 18.3 Å². The van der Waals surface area contributed by atoms with E-state index in [4.69, 9.17) is 0 Å². The minimum absolute atomic E-state index is 0. The first-order valence-corrected chi connectivity index (χ1v) is 8.99. The third kappa shape index (κ3) is 3.77. The number of nitrogens with zero attached hydrogens (tertiary/aromatic N) is 4. The van der Waals surface area contributed by atoms with Crippen LogP contribution < -0.4 is 5.32 Å². The van der Waals surface area contributed by atoms with Crippen LogP contribution in [0.25, 0.3) is 0 Å². The molecule has 2 aliphatic rings. The number of rotatable bonds is 3. The van der Waals surface area contributed by atoms with Gasteiger partial charge in [-0.2, -0.15) is 0 Å². The van der Waals surface area contributed by atoms with Crippen molar-refractivity contribution in [2.75, 3.05) is 32.7 Å². The van der Waals surface area contributed by atoms with Gasteiger partial charge in [0.05, 0.1) is 12.6 Å². The van der Waals surface area contributed by atoms with Crippen LogP contribution in [0.3, 0.4) is 0 Å². The molecule has 7 heteroatoms. The lowest BCUT2D eigenvalue weighted by Gasteiger charge is -2.37. The summed E-state index contributed by atoms with van der Waals surface area (Å²) in [6.07, 6.45) is 4.74. The maximum Gasteiger partial charge on any atom is 0.237 e. The van der Waals surface area contributed by atoms with E-state index < -0.39 is 0 Å². The van der Waals surface area contributed by atoms with E-state index in [9.17, 15) is 4.79 Å². The summed E-state index contributed by atoms with van der Waals surface area (Å²) in [6, 6.07) is 8.59. The summed E-state index contributed by atoms with van der Waals surface area (Å²) in [6.45, 7) is 4.62. The van der Waals surface area contributed by atoms with Gasteiger partial charge in [0.1, 0.15) is 5.82 Å². The molecule has 1 amide bonds. The minimum atomic E-state index is 0. The maximum atomic E-state index is 12.9. The van der Waals surface area contributed by atoms with Crippen LogP contribution in [0.2, 0.25) is 0 Å². The Morgan fingerprint density at radius 1 is 1.27 bits per heavy atom. The van der Waals surface area contributed by atoms with Gasteiger partial charge in [0.2, 0.25) is 5.91 Å². The Morgan fingerprint density at radius 2 is 2.08 bits per heavy atom. The number of benzene rings is 1. The van der Waals surface area contributed by atoms with Gasteiger partial charge in [0, 0.05) is 52.2 Å². The van der Waals surface area contributed by atoms with Gasteiger partial charge in [-0.15, -0.1) is 12.4 Å². The van der Waals surface area contributed by atoms with Gasteiger partial charge in [0.15, 0.2) is 0 Å². The predicted molar refractivity (Wildman–Crippen MR) is 103 cm³/mol. The van der Waals surface area contributed by atoms with Gasteiger partial charge in [-0.05, 0) is 17.5 Å². The molecule has 3 heterocycles. The Labute approximate surface area is 160 Å². The molecule has 6 nitrogen and oxygen atoms in total. The first-order chi connectivity index (χ1) is 12.2. The Morgan fingerprint density at radius 3 is 2.85 bits per heavy atom. The minimum Gasteiger partial charge on any atom is -0.337 e. The Balaban J connectivity index is 0.00000196. The zero-order chi connectivity index (χ0) is 17.2. The van der Waals surface area contributed by atoms with Crippen molar-refractivity contribution in [2.24, 2.45) is 7.05 Å². The monoisotopic (exact) mass is 375 g/mol. The topological polar surface area (TPSA) is 53.4 Å². The highest BCUT2D eigenvalue weighted by atomic mass is 35.5. The number of aryl methyl sites for hydroxylation is 1. The molecule has 1 N–H and O–H groups in total. The number of imidazole rings is 1. The fourth-order valence-corrected chi connectivity index (χ4v) is 3.87. The lowest BCUT2D eigenvalue weighted by Crippen LogP contribution is -2.51. The Bertz CT molecular complexity index is 762. The molecule has 0 spiro atoms. The van der Waals surface area contributed by atoms with E-state index in [0.29, 0.717) is 6.54 Å². The molecule has 1 fully saturated rings. The Hall–Kier alpha value is -1.89. The fourth-order valence-electron chi connectivity index (χ4n) is 3.87. The Kier molecular flexibility index (Phi) is 5.96. The molecule has 0 saturated carbocycles. The van der Waals surface area contributed by atoms with Crippen LogP contribution >= 0.6 is 12.4 Å². The molecule has 1 unspecified atom stereocenters. The summed E-state index contributed by atoms with van der Waals surface area (Å²) in [5.74, 6) is 1.24. The maximum absolute atomic E-state index is 12.9. The molecule has 26 heavy (non-hydrogen) atoms.